The largest absolute Gasteiger partial charge is 0.360 e. The van der Waals surface area contributed by atoms with Crippen LogP contribution >= 0.6 is 23.4 Å². The van der Waals surface area contributed by atoms with Gasteiger partial charge in [0.05, 0.1) is 17.9 Å². The summed E-state index contributed by atoms with van der Waals surface area (Å²) in [6, 6.07) is 8.47. The highest BCUT2D eigenvalue weighted by Crippen LogP contribution is 2.33. The lowest BCUT2D eigenvalue weighted by Gasteiger charge is -2.12. The zero-order valence-corrected chi connectivity index (χ0v) is 17.3. The number of fused-ring (bicyclic) bond motifs is 2. The van der Waals surface area contributed by atoms with E-state index in [-0.39, 0.29) is 23.9 Å². The van der Waals surface area contributed by atoms with Crippen LogP contribution in [0.2, 0.25) is 5.02 Å². The van der Waals surface area contributed by atoms with Crippen LogP contribution in [0.15, 0.2) is 51.0 Å². The van der Waals surface area contributed by atoms with Crippen molar-refractivity contribution < 1.29 is 9.32 Å². The first-order valence-electron chi connectivity index (χ1n) is 9.12. The molecule has 9 nitrogen and oxygen atoms in total. The summed E-state index contributed by atoms with van der Waals surface area (Å²) < 4.78 is 8.14. The maximum absolute atomic E-state index is 13.1. The van der Waals surface area contributed by atoms with Gasteiger partial charge in [0.1, 0.15) is 11.1 Å². The second-order valence-corrected chi connectivity index (χ2v) is 8.30. The van der Waals surface area contributed by atoms with Crippen LogP contribution in [0.25, 0.3) is 16.7 Å². The fraction of sp³-hybridized carbons (Fsp3) is 0.211. The van der Waals surface area contributed by atoms with Gasteiger partial charge in [-0.1, -0.05) is 28.5 Å². The van der Waals surface area contributed by atoms with E-state index in [2.05, 4.69) is 20.6 Å². The van der Waals surface area contributed by atoms with E-state index in [1.165, 1.54) is 18.0 Å². The number of hydrogen-bond donors (Lipinski definition) is 1. The number of aromatic nitrogens is 5. The molecule has 5 rings (SSSR count). The number of nitrogens with zero attached hydrogens (tertiary/aromatic N) is 5. The van der Waals surface area contributed by atoms with Crippen LogP contribution < -0.4 is 10.9 Å². The lowest BCUT2D eigenvalue weighted by Crippen LogP contribution is -2.27. The molecule has 152 valence electrons. The summed E-state index contributed by atoms with van der Waals surface area (Å²) in [4.78, 5) is 30.2. The quantitative estimate of drug-likeness (QED) is 0.483. The SMILES string of the molecule is Cc1cc(NC(=O)CC2CSc3nc4c(cnn4-c4ccc(Cl)cc4)c(=O)n32)no1. The number of benzene rings is 1. The molecule has 1 N–H and O–H groups in total. The molecule has 30 heavy (non-hydrogen) atoms. The van der Waals surface area contributed by atoms with Crippen molar-refractivity contribution in [2.75, 3.05) is 11.1 Å². The number of rotatable bonds is 4. The van der Waals surface area contributed by atoms with E-state index in [9.17, 15) is 9.59 Å². The summed E-state index contributed by atoms with van der Waals surface area (Å²) in [6.45, 7) is 1.74. The molecular formula is C19H15ClN6O3S. The van der Waals surface area contributed by atoms with Crippen molar-refractivity contribution in [2.24, 2.45) is 0 Å². The predicted molar refractivity (Wildman–Crippen MR) is 112 cm³/mol. The number of hydrogen-bond acceptors (Lipinski definition) is 7. The summed E-state index contributed by atoms with van der Waals surface area (Å²) >= 11 is 7.40. The average Bonchev–Trinajstić information content (AvgIpc) is 3.42. The van der Waals surface area contributed by atoms with Gasteiger partial charge in [0, 0.05) is 23.3 Å². The molecule has 1 atom stereocenters. The monoisotopic (exact) mass is 442 g/mol. The number of nitrogens with one attached hydrogen (secondary N) is 1. The van der Waals surface area contributed by atoms with E-state index in [0.717, 1.165) is 5.69 Å². The number of anilines is 1. The van der Waals surface area contributed by atoms with Gasteiger partial charge in [-0.25, -0.2) is 9.67 Å². The summed E-state index contributed by atoms with van der Waals surface area (Å²) in [5, 5.41) is 12.4. The highest BCUT2D eigenvalue weighted by atomic mass is 35.5. The van der Waals surface area contributed by atoms with Gasteiger partial charge in [0.15, 0.2) is 16.6 Å². The fourth-order valence-corrected chi connectivity index (χ4v) is 4.64. The Bertz CT molecular complexity index is 1330. The summed E-state index contributed by atoms with van der Waals surface area (Å²) in [5.41, 5.74) is 1.02. The van der Waals surface area contributed by atoms with Crippen LogP contribution in [0.5, 0.6) is 0 Å². The van der Waals surface area contributed by atoms with Gasteiger partial charge in [-0.05, 0) is 31.2 Å². The Morgan fingerprint density at radius 1 is 1.37 bits per heavy atom. The molecule has 1 amide bonds. The van der Waals surface area contributed by atoms with Crippen LogP contribution in [0.3, 0.4) is 0 Å². The number of thioether (sulfide) groups is 1. The molecule has 1 aromatic carbocycles. The second-order valence-electron chi connectivity index (χ2n) is 6.88. The first-order valence-corrected chi connectivity index (χ1v) is 10.5. The third-order valence-corrected chi connectivity index (χ3v) is 6.11. The minimum Gasteiger partial charge on any atom is -0.360 e. The highest BCUT2D eigenvalue weighted by Gasteiger charge is 2.29. The van der Waals surface area contributed by atoms with Crippen molar-refractivity contribution in [3.63, 3.8) is 0 Å². The highest BCUT2D eigenvalue weighted by molar-refractivity contribution is 7.99. The molecule has 0 saturated heterocycles. The summed E-state index contributed by atoms with van der Waals surface area (Å²) in [5.74, 6) is 1.29. The van der Waals surface area contributed by atoms with E-state index >= 15 is 0 Å². The minimum absolute atomic E-state index is 0.129. The van der Waals surface area contributed by atoms with Gasteiger partial charge < -0.3 is 9.84 Å². The van der Waals surface area contributed by atoms with E-state index in [0.29, 0.717) is 38.5 Å². The lowest BCUT2D eigenvalue weighted by atomic mass is 10.2. The molecular weight excluding hydrogens is 428 g/mol. The fourth-order valence-electron chi connectivity index (χ4n) is 3.39. The summed E-state index contributed by atoms with van der Waals surface area (Å²) in [7, 11) is 0. The van der Waals surface area contributed by atoms with Crippen molar-refractivity contribution >= 4 is 46.1 Å². The number of carbonyl (C=O) groups is 1. The first-order chi connectivity index (χ1) is 14.5. The molecule has 3 aromatic heterocycles. The Hall–Kier alpha value is -3.11. The molecule has 4 heterocycles. The first kappa shape index (κ1) is 18.9. The van der Waals surface area contributed by atoms with Crippen LogP contribution in [0, 0.1) is 6.92 Å². The van der Waals surface area contributed by atoms with Gasteiger partial charge in [-0.15, -0.1) is 0 Å². The number of halogens is 1. The van der Waals surface area contributed by atoms with E-state index in [4.69, 9.17) is 16.1 Å². The molecule has 0 radical (unpaired) electrons. The molecule has 0 bridgehead atoms. The molecule has 0 aliphatic carbocycles. The number of carbonyl (C=O) groups excluding carboxylic acids is 1. The molecule has 1 unspecified atom stereocenters. The van der Waals surface area contributed by atoms with Crippen LogP contribution in [0.4, 0.5) is 5.82 Å². The van der Waals surface area contributed by atoms with Gasteiger partial charge in [0.25, 0.3) is 5.56 Å². The van der Waals surface area contributed by atoms with Gasteiger partial charge in [0.2, 0.25) is 5.91 Å². The van der Waals surface area contributed by atoms with Crippen molar-refractivity contribution in [2.45, 2.75) is 24.5 Å². The van der Waals surface area contributed by atoms with E-state index < -0.39 is 0 Å². The molecule has 1 aliphatic heterocycles. The molecule has 11 heteroatoms. The van der Waals surface area contributed by atoms with Gasteiger partial charge >= 0.3 is 0 Å². The smallest absolute Gasteiger partial charge is 0.265 e. The third-order valence-electron chi connectivity index (χ3n) is 4.76. The maximum atomic E-state index is 13.1. The third kappa shape index (κ3) is 3.27. The Labute approximate surface area is 179 Å². The Morgan fingerprint density at radius 3 is 2.90 bits per heavy atom. The number of amides is 1. The Balaban J connectivity index is 1.46. The van der Waals surface area contributed by atoms with Crippen molar-refractivity contribution in [1.82, 2.24) is 24.5 Å². The molecule has 0 fully saturated rings. The Kier molecular flexibility index (Phi) is 4.59. The molecule has 0 spiro atoms. The zero-order valence-electron chi connectivity index (χ0n) is 15.7. The van der Waals surface area contributed by atoms with E-state index in [1.807, 2.05) is 12.1 Å². The molecule has 1 aliphatic rings. The standard InChI is InChI=1S/C19H15ClN6O3S/c1-10-6-15(24-29-10)22-16(27)7-13-9-30-19-23-17-14(18(28)25(13)19)8-21-26(17)12-4-2-11(20)3-5-12/h2-6,8,13H,7,9H2,1H3,(H,22,24,27). The maximum Gasteiger partial charge on any atom is 0.265 e. The predicted octanol–water partition coefficient (Wildman–Crippen LogP) is 3.21. The molecule has 0 saturated carbocycles. The van der Waals surface area contributed by atoms with Gasteiger partial charge in [-0.2, -0.15) is 5.10 Å². The van der Waals surface area contributed by atoms with Crippen LogP contribution in [-0.2, 0) is 4.79 Å². The minimum atomic E-state index is -0.304. The van der Waals surface area contributed by atoms with Crippen molar-refractivity contribution in [1.29, 1.82) is 0 Å². The van der Waals surface area contributed by atoms with Crippen molar-refractivity contribution in [3.8, 4) is 5.69 Å². The normalized spacial score (nSPS) is 15.5. The lowest BCUT2D eigenvalue weighted by molar-refractivity contribution is -0.116. The topological polar surface area (TPSA) is 108 Å². The van der Waals surface area contributed by atoms with Crippen LogP contribution in [-0.4, -0.2) is 36.1 Å². The van der Waals surface area contributed by atoms with Crippen LogP contribution in [0.1, 0.15) is 18.2 Å². The average molecular weight is 443 g/mol. The molecule has 4 aromatic rings. The van der Waals surface area contributed by atoms with Gasteiger partial charge in [-0.3, -0.25) is 14.2 Å². The van der Waals surface area contributed by atoms with Crippen molar-refractivity contribution in [3.05, 3.63) is 57.7 Å². The summed E-state index contributed by atoms with van der Waals surface area (Å²) in [6.07, 6.45) is 1.63. The van der Waals surface area contributed by atoms with E-state index in [1.54, 1.807) is 34.4 Å². The number of aryl methyl sites for hydroxylation is 1. The zero-order chi connectivity index (χ0) is 20.8. The second kappa shape index (κ2) is 7.29. The Morgan fingerprint density at radius 2 is 2.17 bits per heavy atom.